The van der Waals surface area contributed by atoms with Crippen LogP contribution in [0.2, 0.25) is 0 Å². The van der Waals surface area contributed by atoms with Gasteiger partial charge >= 0.3 is 0 Å². The Balaban J connectivity index is 1.79. The van der Waals surface area contributed by atoms with Gasteiger partial charge in [-0.2, -0.15) is 5.26 Å². The van der Waals surface area contributed by atoms with Gasteiger partial charge in [0.2, 0.25) is 0 Å². The van der Waals surface area contributed by atoms with E-state index in [9.17, 15) is 10.1 Å². The summed E-state index contributed by atoms with van der Waals surface area (Å²) in [5.41, 5.74) is 4.57. The minimum absolute atomic E-state index is 0.0294. The van der Waals surface area contributed by atoms with Crippen LogP contribution in [-0.4, -0.2) is 12.5 Å². The molecule has 1 N–H and O–H groups in total. The fourth-order valence-corrected chi connectivity index (χ4v) is 3.76. The van der Waals surface area contributed by atoms with Gasteiger partial charge in [-0.25, -0.2) is 0 Å². The molecular weight excluding hydrogens is 480 g/mol. The molecule has 3 aromatic carbocycles. The number of anilines is 1. The molecule has 0 aliphatic rings. The SMILES string of the molecule is CCOc1ccc(NC(=O)/C(C#N)=C/c2cc(Br)ccc2OCc2cc(C)cc(C)c2)cc1. The summed E-state index contributed by atoms with van der Waals surface area (Å²) in [6.45, 7) is 6.94. The molecule has 0 radical (unpaired) electrons. The molecule has 0 aliphatic heterocycles. The molecule has 0 heterocycles. The lowest BCUT2D eigenvalue weighted by Crippen LogP contribution is -2.13. The molecule has 1 amide bonds. The molecule has 33 heavy (non-hydrogen) atoms. The van der Waals surface area contributed by atoms with Crippen molar-refractivity contribution < 1.29 is 14.3 Å². The van der Waals surface area contributed by atoms with Crippen LogP contribution >= 0.6 is 15.9 Å². The summed E-state index contributed by atoms with van der Waals surface area (Å²) in [6.07, 6.45) is 1.53. The molecule has 0 fully saturated rings. The minimum atomic E-state index is -0.498. The largest absolute Gasteiger partial charge is 0.494 e. The van der Waals surface area contributed by atoms with E-state index in [1.54, 1.807) is 24.3 Å². The number of carbonyl (C=O) groups is 1. The standard InChI is InChI=1S/C27H25BrN2O3/c1-4-32-25-8-6-24(7-9-25)30-27(31)22(16-29)14-21-15-23(28)5-10-26(21)33-17-20-12-18(2)11-19(3)13-20/h5-15H,4,17H2,1-3H3,(H,30,31)/b22-14+. The van der Waals surface area contributed by atoms with Crippen LogP contribution in [0.1, 0.15) is 29.2 Å². The highest BCUT2D eigenvalue weighted by Crippen LogP contribution is 2.27. The van der Waals surface area contributed by atoms with Crippen LogP contribution in [0.15, 0.2) is 70.7 Å². The third kappa shape index (κ3) is 6.96. The second-order valence-corrected chi connectivity index (χ2v) is 8.46. The topological polar surface area (TPSA) is 71.3 Å². The Hall–Kier alpha value is -3.56. The van der Waals surface area contributed by atoms with Gasteiger partial charge in [0, 0.05) is 15.7 Å². The van der Waals surface area contributed by atoms with E-state index in [0.717, 1.165) is 10.0 Å². The number of rotatable bonds is 8. The third-order valence-corrected chi connectivity index (χ3v) is 5.23. The Morgan fingerprint density at radius 3 is 2.36 bits per heavy atom. The molecule has 5 nitrogen and oxygen atoms in total. The molecule has 0 saturated heterocycles. The highest BCUT2D eigenvalue weighted by Gasteiger charge is 2.12. The van der Waals surface area contributed by atoms with E-state index in [4.69, 9.17) is 9.47 Å². The van der Waals surface area contributed by atoms with E-state index >= 15 is 0 Å². The zero-order valence-electron chi connectivity index (χ0n) is 18.8. The van der Waals surface area contributed by atoms with Gasteiger partial charge in [-0.05, 0) is 74.9 Å². The zero-order chi connectivity index (χ0) is 23.8. The second kappa shape index (κ2) is 11.3. The molecule has 0 saturated carbocycles. The first kappa shape index (κ1) is 24.1. The van der Waals surface area contributed by atoms with E-state index in [-0.39, 0.29) is 5.57 Å². The molecule has 0 aliphatic carbocycles. The van der Waals surface area contributed by atoms with Crippen LogP contribution in [0, 0.1) is 25.2 Å². The average Bonchev–Trinajstić information content (AvgIpc) is 2.77. The van der Waals surface area contributed by atoms with Crippen LogP contribution in [0.5, 0.6) is 11.5 Å². The molecule has 0 spiro atoms. The highest BCUT2D eigenvalue weighted by atomic mass is 79.9. The zero-order valence-corrected chi connectivity index (χ0v) is 20.4. The molecule has 0 unspecified atom stereocenters. The van der Waals surface area contributed by atoms with Crippen molar-refractivity contribution in [1.29, 1.82) is 5.26 Å². The van der Waals surface area contributed by atoms with E-state index in [2.05, 4.69) is 39.4 Å². The van der Waals surface area contributed by atoms with Gasteiger partial charge in [0.1, 0.15) is 29.7 Å². The van der Waals surface area contributed by atoms with Crippen LogP contribution in [-0.2, 0) is 11.4 Å². The molecule has 0 bridgehead atoms. The molecular formula is C27H25BrN2O3. The molecule has 6 heteroatoms. The Morgan fingerprint density at radius 2 is 1.73 bits per heavy atom. The number of ether oxygens (including phenoxy) is 2. The van der Waals surface area contributed by atoms with Crippen molar-refractivity contribution in [3.05, 3.63) is 93.0 Å². The number of aryl methyl sites for hydroxylation is 2. The number of nitrogens with zero attached hydrogens (tertiary/aromatic N) is 1. The third-order valence-electron chi connectivity index (χ3n) is 4.74. The predicted molar refractivity (Wildman–Crippen MR) is 134 cm³/mol. The molecule has 0 aromatic heterocycles. The maximum Gasteiger partial charge on any atom is 0.266 e. The summed E-state index contributed by atoms with van der Waals surface area (Å²) in [7, 11) is 0. The smallest absolute Gasteiger partial charge is 0.266 e. The highest BCUT2D eigenvalue weighted by molar-refractivity contribution is 9.10. The first-order chi connectivity index (χ1) is 15.9. The lowest BCUT2D eigenvalue weighted by Gasteiger charge is -2.12. The fourth-order valence-electron chi connectivity index (χ4n) is 3.38. The van der Waals surface area contributed by atoms with Gasteiger partial charge in [0.15, 0.2) is 0 Å². The monoisotopic (exact) mass is 504 g/mol. The lowest BCUT2D eigenvalue weighted by atomic mass is 10.1. The Kier molecular flexibility index (Phi) is 8.28. The number of hydrogen-bond acceptors (Lipinski definition) is 4. The summed E-state index contributed by atoms with van der Waals surface area (Å²) < 4.78 is 12.3. The number of carbonyl (C=O) groups excluding carboxylic acids is 1. The number of nitrogens with one attached hydrogen (secondary N) is 1. The van der Waals surface area contributed by atoms with Crippen LogP contribution in [0.25, 0.3) is 6.08 Å². The van der Waals surface area contributed by atoms with Crippen molar-refractivity contribution in [3.8, 4) is 17.6 Å². The predicted octanol–water partition coefficient (Wildman–Crippen LogP) is 6.59. The molecule has 168 valence electrons. The molecule has 3 rings (SSSR count). The van der Waals surface area contributed by atoms with Crippen LogP contribution < -0.4 is 14.8 Å². The average molecular weight is 505 g/mol. The summed E-state index contributed by atoms with van der Waals surface area (Å²) in [6, 6.07) is 20.7. The van der Waals surface area contributed by atoms with Crippen molar-refractivity contribution in [2.24, 2.45) is 0 Å². The van der Waals surface area contributed by atoms with Crippen molar-refractivity contribution in [2.75, 3.05) is 11.9 Å². The van der Waals surface area contributed by atoms with Crippen molar-refractivity contribution in [3.63, 3.8) is 0 Å². The quantitative estimate of drug-likeness (QED) is 0.277. The van der Waals surface area contributed by atoms with E-state index in [0.29, 0.717) is 36.0 Å². The summed E-state index contributed by atoms with van der Waals surface area (Å²) >= 11 is 3.45. The first-order valence-electron chi connectivity index (χ1n) is 10.5. The number of halogens is 1. The maximum atomic E-state index is 12.7. The summed E-state index contributed by atoms with van der Waals surface area (Å²) in [4.78, 5) is 12.7. The number of benzene rings is 3. The lowest BCUT2D eigenvalue weighted by molar-refractivity contribution is -0.112. The maximum absolute atomic E-state index is 12.7. The minimum Gasteiger partial charge on any atom is -0.494 e. The number of amides is 1. The Labute approximate surface area is 202 Å². The van der Waals surface area contributed by atoms with Crippen molar-refractivity contribution >= 4 is 33.6 Å². The normalized spacial score (nSPS) is 10.9. The van der Waals surface area contributed by atoms with Gasteiger partial charge < -0.3 is 14.8 Å². The van der Waals surface area contributed by atoms with Gasteiger partial charge in [0.25, 0.3) is 5.91 Å². The van der Waals surface area contributed by atoms with Gasteiger partial charge in [-0.15, -0.1) is 0 Å². The van der Waals surface area contributed by atoms with Gasteiger partial charge in [-0.1, -0.05) is 45.3 Å². The fraction of sp³-hybridized carbons (Fsp3) is 0.185. The second-order valence-electron chi connectivity index (χ2n) is 7.55. The van der Waals surface area contributed by atoms with E-state index in [1.807, 2.05) is 45.0 Å². The molecule has 0 atom stereocenters. The summed E-state index contributed by atoms with van der Waals surface area (Å²) in [5, 5.41) is 12.4. The van der Waals surface area contributed by atoms with Crippen LogP contribution in [0.3, 0.4) is 0 Å². The van der Waals surface area contributed by atoms with Crippen LogP contribution in [0.4, 0.5) is 5.69 Å². The summed E-state index contributed by atoms with van der Waals surface area (Å²) in [5.74, 6) is 0.798. The Morgan fingerprint density at radius 1 is 1.03 bits per heavy atom. The number of hydrogen-bond donors (Lipinski definition) is 1. The first-order valence-corrected chi connectivity index (χ1v) is 11.3. The van der Waals surface area contributed by atoms with Crippen molar-refractivity contribution in [2.45, 2.75) is 27.4 Å². The van der Waals surface area contributed by atoms with Gasteiger partial charge in [0.05, 0.1) is 6.61 Å². The van der Waals surface area contributed by atoms with Crippen molar-refractivity contribution in [1.82, 2.24) is 0 Å². The van der Waals surface area contributed by atoms with E-state index in [1.165, 1.54) is 17.2 Å². The number of nitriles is 1. The molecule has 3 aromatic rings. The van der Waals surface area contributed by atoms with Gasteiger partial charge in [-0.3, -0.25) is 4.79 Å². The Bertz CT molecular complexity index is 1190. The van der Waals surface area contributed by atoms with E-state index < -0.39 is 5.91 Å².